The van der Waals surface area contributed by atoms with Gasteiger partial charge < -0.3 is 15.1 Å². The van der Waals surface area contributed by atoms with Crippen molar-refractivity contribution in [3.05, 3.63) is 24.4 Å². The lowest BCUT2D eigenvalue weighted by Crippen LogP contribution is -2.63. The Hall–Kier alpha value is -2.44. The molecule has 0 spiro atoms. The molecule has 168 valence electrons. The van der Waals surface area contributed by atoms with Gasteiger partial charge in [0.05, 0.1) is 13.0 Å². The molecule has 7 heteroatoms. The van der Waals surface area contributed by atoms with E-state index in [0.717, 1.165) is 51.4 Å². The second-order valence-corrected chi connectivity index (χ2v) is 9.51. The highest BCUT2D eigenvalue weighted by atomic mass is 16.2. The average Bonchev–Trinajstić information content (AvgIpc) is 2.78. The fraction of sp³-hybridized carbons (Fsp3) is 0.667. The number of fused-ring (bicyclic) bond motifs is 1. The molecule has 2 fully saturated rings. The molecule has 2 aliphatic carbocycles. The number of aliphatic imine (C=N–C) groups is 1. The van der Waals surface area contributed by atoms with Crippen molar-refractivity contribution in [2.75, 3.05) is 6.54 Å². The van der Waals surface area contributed by atoms with Gasteiger partial charge in [-0.05, 0) is 44.8 Å². The molecule has 2 saturated carbocycles. The molecule has 4 rings (SSSR count). The van der Waals surface area contributed by atoms with E-state index in [1.54, 1.807) is 22.8 Å². The molecule has 0 aromatic rings. The number of carbonyl (C=O) groups is 3. The van der Waals surface area contributed by atoms with Crippen LogP contribution in [-0.4, -0.2) is 57.5 Å². The largest absolute Gasteiger partial charge is 0.352 e. The summed E-state index contributed by atoms with van der Waals surface area (Å²) in [5.41, 5.74) is -1.07. The second kappa shape index (κ2) is 9.37. The van der Waals surface area contributed by atoms with Crippen molar-refractivity contribution in [1.29, 1.82) is 0 Å². The molecule has 3 amide bonds. The van der Waals surface area contributed by atoms with E-state index in [-0.39, 0.29) is 42.8 Å². The third kappa shape index (κ3) is 4.75. The van der Waals surface area contributed by atoms with Crippen LogP contribution in [-0.2, 0) is 14.4 Å². The summed E-state index contributed by atoms with van der Waals surface area (Å²) in [6.45, 7) is 1.87. The molecule has 0 bridgehead atoms. The van der Waals surface area contributed by atoms with Crippen LogP contribution in [0.1, 0.15) is 77.6 Å². The maximum absolute atomic E-state index is 14.0. The number of hydrogen-bond acceptors (Lipinski definition) is 4. The van der Waals surface area contributed by atoms with E-state index in [0.29, 0.717) is 5.84 Å². The van der Waals surface area contributed by atoms with Crippen LogP contribution in [0.25, 0.3) is 0 Å². The van der Waals surface area contributed by atoms with Crippen molar-refractivity contribution in [2.45, 2.75) is 95.2 Å². The zero-order valence-corrected chi connectivity index (χ0v) is 18.5. The van der Waals surface area contributed by atoms with E-state index in [1.165, 1.54) is 12.8 Å². The van der Waals surface area contributed by atoms with E-state index in [1.807, 2.05) is 18.4 Å². The van der Waals surface area contributed by atoms with Gasteiger partial charge in [0.15, 0.2) is 0 Å². The number of amides is 3. The summed E-state index contributed by atoms with van der Waals surface area (Å²) >= 11 is 0. The first-order chi connectivity index (χ1) is 15.0. The predicted molar refractivity (Wildman–Crippen MR) is 119 cm³/mol. The van der Waals surface area contributed by atoms with Crippen LogP contribution in [0.15, 0.2) is 29.4 Å². The Bertz CT molecular complexity index is 806. The maximum atomic E-state index is 14.0. The third-order valence-electron chi connectivity index (χ3n) is 7.13. The quantitative estimate of drug-likeness (QED) is 0.732. The predicted octanol–water partition coefficient (Wildman–Crippen LogP) is 3.07. The highest BCUT2D eigenvalue weighted by molar-refractivity contribution is 6.09. The first-order valence-electron chi connectivity index (χ1n) is 11.8. The van der Waals surface area contributed by atoms with Crippen molar-refractivity contribution < 1.29 is 14.4 Å². The van der Waals surface area contributed by atoms with E-state index < -0.39 is 5.54 Å². The van der Waals surface area contributed by atoms with E-state index in [4.69, 9.17) is 0 Å². The number of nitrogens with zero attached hydrogens (tertiary/aromatic N) is 3. The number of carbonyl (C=O) groups excluding carboxylic acids is 3. The molecule has 1 atom stereocenters. The topological polar surface area (TPSA) is 82.1 Å². The molecule has 0 radical (unpaired) electrons. The fourth-order valence-electron chi connectivity index (χ4n) is 5.41. The van der Waals surface area contributed by atoms with Crippen molar-refractivity contribution in [3.63, 3.8) is 0 Å². The highest BCUT2D eigenvalue weighted by Gasteiger charge is 2.48. The molecule has 4 aliphatic rings. The van der Waals surface area contributed by atoms with E-state index in [9.17, 15) is 14.4 Å². The van der Waals surface area contributed by atoms with Crippen LogP contribution in [0, 0.1) is 0 Å². The zero-order chi connectivity index (χ0) is 21.8. The van der Waals surface area contributed by atoms with Gasteiger partial charge in [0, 0.05) is 18.3 Å². The SMILES string of the molecule is C[C@]1(C(=O)N(CC(=O)NC2CCCCC2)C2CCCCC2)CC(=O)N=C2C=CC=CN21. The summed E-state index contributed by atoms with van der Waals surface area (Å²) < 4.78 is 0. The van der Waals surface area contributed by atoms with Gasteiger partial charge in [-0.15, -0.1) is 0 Å². The van der Waals surface area contributed by atoms with Crippen LogP contribution in [0.5, 0.6) is 0 Å². The van der Waals surface area contributed by atoms with Gasteiger partial charge in [-0.2, -0.15) is 4.99 Å². The number of amidine groups is 1. The lowest BCUT2D eigenvalue weighted by atomic mass is 9.87. The Morgan fingerprint density at radius 3 is 2.48 bits per heavy atom. The van der Waals surface area contributed by atoms with Crippen LogP contribution < -0.4 is 5.32 Å². The van der Waals surface area contributed by atoms with Crippen molar-refractivity contribution >= 4 is 23.6 Å². The smallest absolute Gasteiger partial charge is 0.250 e. The number of rotatable bonds is 5. The lowest BCUT2D eigenvalue weighted by Gasteiger charge is -2.46. The van der Waals surface area contributed by atoms with Crippen molar-refractivity contribution in [2.24, 2.45) is 4.99 Å². The number of hydrogen-bond donors (Lipinski definition) is 1. The summed E-state index contributed by atoms with van der Waals surface area (Å²) in [5.74, 6) is -0.0411. The molecule has 2 heterocycles. The van der Waals surface area contributed by atoms with Crippen LogP contribution in [0.2, 0.25) is 0 Å². The first kappa shape index (κ1) is 21.8. The maximum Gasteiger partial charge on any atom is 0.250 e. The van der Waals surface area contributed by atoms with E-state index >= 15 is 0 Å². The molecular weight excluding hydrogens is 392 g/mol. The van der Waals surface area contributed by atoms with Gasteiger partial charge in [-0.1, -0.05) is 44.6 Å². The lowest BCUT2D eigenvalue weighted by molar-refractivity contribution is -0.149. The summed E-state index contributed by atoms with van der Waals surface area (Å²) in [7, 11) is 0. The Labute approximate surface area is 184 Å². The minimum Gasteiger partial charge on any atom is -0.352 e. The van der Waals surface area contributed by atoms with Gasteiger partial charge >= 0.3 is 0 Å². The number of allylic oxidation sites excluding steroid dienone is 2. The fourth-order valence-corrected chi connectivity index (χ4v) is 5.41. The monoisotopic (exact) mass is 426 g/mol. The Morgan fingerprint density at radius 1 is 1.10 bits per heavy atom. The molecule has 0 aromatic carbocycles. The number of nitrogens with one attached hydrogen (secondary N) is 1. The first-order valence-corrected chi connectivity index (χ1v) is 11.8. The average molecular weight is 427 g/mol. The molecule has 0 saturated heterocycles. The molecule has 7 nitrogen and oxygen atoms in total. The minimum atomic E-state index is -1.07. The summed E-state index contributed by atoms with van der Waals surface area (Å²) in [6, 6.07) is 0.252. The van der Waals surface area contributed by atoms with Gasteiger partial charge in [0.2, 0.25) is 11.8 Å². The molecule has 2 aliphatic heterocycles. The standard InChI is InChI=1S/C24H34N4O3/c1-24(16-21(29)26-20-14-8-9-15-28(20)24)23(31)27(19-12-6-3-7-13-19)17-22(30)25-18-10-4-2-5-11-18/h8-9,14-15,18-19H,2-7,10-13,16-17H2,1H3,(H,25,30)/t24-/m1/s1. The molecule has 31 heavy (non-hydrogen) atoms. The van der Waals surface area contributed by atoms with Gasteiger partial charge in [-0.25, -0.2) is 0 Å². The van der Waals surface area contributed by atoms with Gasteiger partial charge in [0.1, 0.15) is 11.4 Å². The third-order valence-corrected chi connectivity index (χ3v) is 7.13. The normalized spacial score (nSPS) is 26.9. The van der Waals surface area contributed by atoms with Crippen LogP contribution in [0.4, 0.5) is 0 Å². The highest BCUT2D eigenvalue weighted by Crippen LogP contribution is 2.32. The van der Waals surface area contributed by atoms with Crippen molar-refractivity contribution in [1.82, 2.24) is 15.1 Å². The molecular formula is C24H34N4O3. The van der Waals surface area contributed by atoms with Gasteiger partial charge in [0.25, 0.3) is 5.91 Å². The molecule has 1 N–H and O–H groups in total. The van der Waals surface area contributed by atoms with Crippen LogP contribution >= 0.6 is 0 Å². The zero-order valence-electron chi connectivity index (χ0n) is 18.5. The Kier molecular flexibility index (Phi) is 6.58. The summed E-state index contributed by atoms with van der Waals surface area (Å²) in [6.07, 6.45) is 17.9. The van der Waals surface area contributed by atoms with Crippen molar-refractivity contribution in [3.8, 4) is 0 Å². The van der Waals surface area contributed by atoms with Gasteiger partial charge in [-0.3, -0.25) is 14.4 Å². The molecule has 0 aromatic heterocycles. The minimum absolute atomic E-state index is 0.0149. The molecule has 0 unspecified atom stereocenters. The summed E-state index contributed by atoms with van der Waals surface area (Å²) in [4.78, 5) is 47.0. The Balaban J connectivity index is 1.55. The van der Waals surface area contributed by atoms with E-state index in [2.05, 4.69) is 10.3 Å². The summed E-state index contributed by atoms with van der Waals surface area (Å²) in [5, 5.41) is 3.16. The Morgan fingerprint density at radius 2 is 1.77 bits per heavy atom. The van der Waals surface area contributed by atoms with Crippen LogP contribution in [0.3, 0.4) is 0 Å². The second-order valence-electron chi connectivity index (χ2n) is 9.51.